The summed E-state index contributed by atoms with van der Waals surface area (Å²) < 4.78 is 5.28. The Hall–Kier alpha value is -3.10. The lowest BCUT2D eigenvalue weighted by Crippen LogP contribution is -2.55. The van der Waals surface area contributed by atoms with E-state index in [-0.39, 0.29) is 12.5 Å². The van der Waals surface area contributed by atoms with E-state index in [0.29, 0.717) is 12.0 Å². The standard InChI is InChI=1S/C26H42N4O5/c1-10-11-30(23(33)19(15-20(27)31)28-24(34)35-26(7,8)9)21(22(32)29-25(4,5)6)18-13-16(2)12-17(3)14-18/h12-14,19,21H,10-11,15H2,1-9H3,(H2,27,31)(H,28,34)(H,29,32). The van der Waals surface area contributed by atoms with E-state index in [1.54, 1.807) is 20.8 Å². The van der Waals surface area contributed by atoms with E-state index in [1.165, 1.54) is 4.90 Å². The molecule has 1 rings (SSSR count). The number of nitrogens with zero attached hydrogens (tertiary/aromatic N) is 1. The number of nitrogens with one attached hydrogen (secondary N) is 2. The van der Waals surface area contributed by atoms with Crippen LogP contribution in [-0.2, 0) is 19.1 Å². The summed E-state index contributed by atoms with van der Waals surface area (Å²) in [5.74, 6) is -1.72. The molecule has 2 atom stereocenters. The van der Waals surface area contributed by atoms with Crippen LogP contribution in [0.4, 0.5) is 4.79 Å². The van der Waals surface area contributed by atoms with E-state index in [0.717, 1.165) is 11.1 Å². The molecule has 4 amide bonds. The predicted octanol–water partition coefficient (Wildman–Crippen LogP) is 3.27. The maximum absolute atomic E-state index is 13.8. The number of amides is 4. The Morgan fingerprint density at radius 2 is 1.54 bits per heavy atom. The fourth-order valence-electron chi connectivity index (χ4n) is 3.74. The number of rotatable bonds is 9. The molecule has 2 unspecified atom stereocenters. The molecule has 0 saturated heterocycles. The number of carbonyl (C=O) groups excluding carboxylic acids is 4. The van der Waals surface area contributed by atoms with Crippen molar-refractivity contribution >= 4 is 23.8 Å². The monoisotopic (exact) mass is 490 g/mol. The molecule has 0 aliphatic rings. The third-order valence-electron chi connectivity index (χ3n) is 4.76. The van der Waals surface area contributed by atoms with Gasteiger partial charge in [0.15, 0.2) is 0 Å². The highest BCUT2D eigenvalue weighted by molar-refractivity contribution is 5.94. The van der Waals surface area contributed by atoms with E-state index >= 15 is 0 Å². The van der Waals surface area contributed by atoms with Crippen molar-refractivity contribution in [2.24, 2.45) is 5.73 Å². The minimum absolute atomic E-state index is 0.222. The Morgan fingerprint density at radius 3 is 1.97 bits per heavy atom. The number of hydrogen-bond donors (Lipinski definition) is 3. The summed E-state index contributed by atoms with van der Waals surface area (Å²) in [6.07, 6.45) is -0.736. The summed E-state index contributed by atoms with van der Waals surface area (Å²) in [6.45, 7) is 16.6. The first-order chi connectivity index (χ1) is 15.9. The van der Waals surface area contributed by atoms with Gasteiger partial charge in [0.05, 0.1) is 6.42 Å². The van der Waals surface area contributed by atoms with E-state index in [4.69, 9.17) is 10.5 Å². The highest BCUT2D eigenvalue weighted by Crippen LogP contribution is 2.26. The molecule has 0 spiro atoms. The maximum Gasteiger partial charge on any atom is 0.408 e. The summed E-state index contributed by atoms with van der Waals surface area (Å²) in [4.78, 5) is 53.0. The topological polar surface area (TPSA) is 131 Å². The van der Waals surface area contributed by atoms with Crippen molar-refractivity contribution in [2.75, 3.05) is 6.54 Å². The van der Waals surface area contributed by atoms with Crippen LogP contribution in [0, 0.1) is 13.8 Å². The molecule has 0 saturated carbocycles. The molecule has 1 aromatic carbocycles. The van der Waals surface area contributed by atoms with Crippen molar-refractivity contribution in [3.8, 4) is 0 Å². The minimum atomic E-state index is -1.29. The van der Waals surface area contributed by atoms with Crippen LogP contribution < -0.4 is 16.4 Å². The fourth-order valence-corrected chi connectivity index (χ4v) is 3.74. The van der Waals surface area contributed by atoms with Crippen LogP contribution in [-0.4, -0.2) is 52.4 Å². The van der Waals surface area contributed by atoms with Gasteiger partial charge in [0.1, 0.15) is 17.7 Å². The highest BCUT2D eigenvalue weighted by atomic mass is 16.6. The highest BCUT2D eigenvalue weighted by Gasteiger charge is 2.37. The first kappa shape index (κ1) is 29.9. The van der Waals surface area contributed by atoms with Crippen LogP contribution >= 0.6 is 0 Å². The molecule has 9 nitrogen and oxygen atoms in total. The Kier molecular flexibility index (Phi) is 10.3. The van der Waals surface area contributed by atoms with E-state index in [1.807, 2.05) is 59.7 Å². The Morgan fingerprint density at radius 1 is 1.00 bits per heavy atom. The van der Waals surface area contributed by atoms with Crippen molar-refractivity contribution < 1.29 is 23.9 Å². The summed E-state index contributed by atoms with van der Waals surface area (Å²) in [5.41, 5.74) is 6.57. The van der Waals surface area contributed by atoms with Gasteiger partial charge in [-0.3, -0.25) is 14.4 Å². The van der Waals surface area contributed by atoms with Gasteiger partial charge in [-0.05, 0) is 67.4 Å². The molecule has 0 bridgehead atoms. The molecule has 4 N–H and O–H groups in total. The third-order valence-corrected chi connectivity index (χ3v) is 4.76. The van der Waals surface area contributed by atoms with Crippen LogP contribution in [0.3, 0.4) is 0 Å². The number of alkyl carbamates (subject to hydrolysis) is 1. The van der Waals surface area contributed by atoms with Gasteiger partial charge in [-0.15, -0.1) is 0 Å². The molecule has 0 heterocycles. The lowest BCUT2D eigenvalue weighted by molar-refractivity contribution is -0.144. The molecule has 1 aromatic rings. The lowest BCUT2D eigenvalue weighted by Gasteiger charge is -2.36. The first-order valence-corrected chi connectivity index (χ1v) is 11.9. The normalized spacial score (nSPS) is 13.4. The zero-order valence-electron chi connectivity index (χ0n) is 22.6. The molecular formula is C26H42N4O5. The SMILES string of the molecule is CCCN(C(=O)C(CC(N)=O)NC(=O)OC(C)(C)C)C(C(=O)NC(C)(C)C)c1cc(C)cc(C)c1. The second-order valence-corrected chi connectivity index (χ2v) is 11.0. The Labute approximate surface area is 209 Å². The number of ether oxygens (including phenoxy) is 1. The van der Waals surface area contributed by atoms with E-state index in [2.05, 4.69) is 10.6 Å². The van der Waals surface area contributed by atoms with Gasteiger partial charge < -0.3 is 26.0 Å². The van der Waals surface area contributed by atoms with Crippen molar-refractivity contribution in [1.29, 1.82) is 0 Å². The maximum atomic E-state index is 13.8. The number of hydrogen-bond acceptors (Lipinski definition) is 5. The molecule has 0 aromatic heterocycles. The van der Waals surface area contributed by atoms with Gasteiger partial charge in [0, 0.05) is 12.1 Å². The molecule has 0 aliphatic carbocycles. The van der Waals surface area contributed by atoms with Crippen molar-refractivity contribution in [3.63, 3.8) is 0 Å². The van der Waals surface area contributed by atoms with Gasteiger partial charge in [-0.1, -0.05) is 36.2 Å². The summed E-state index contributed by atoms with van der Waals surface area (Å²) in [6, 6.07) is 3.44. The Balaban J connectivity index is 3.54. The van der Waals surface area contributed by atoms with Gasteiger partial charge in [-0.25, -0.2) is 4.79 Å². The van der Waals surface area contributed by atoms with Crippen LogP contribution in [0.15, 0.2) is 18.2 Å². The van der Waals surface area contributed by atoms with Crippen molar-refractivity contribution in [1.82, 2.24) is 15.5 Å². The van der Waals surface area contributed by atoms with Crippen LogP contribution in [0.2, 0.25) is 0 Å². The van der Waals surface area contributed by atoms with Gasteiger partial charge in [0.25, 0.3) is 0 Å². The smallest absolute Gasteiger partial charge is 0.408 e. The molecule has 196 valence electrons. The average Bonchev–Trinajstić information content (AvgIpc) is 2.62. The van der Waals surface area contributed by atoms with Crippen LogP contribution in [0.25, 0.3) is 0 Å². The largest absolute Gasteiger partial charge is 0.444 e. The van der Waals surface area contributed by atoms with Crippen molar-refractivity contribution in [2.45, 2.75) is 98.4 Å². The number of nitrogens with two attached hydrogens (primary N) is 1. The van der Waals surface area contributed by atoms with E-state index < -0.39 is 47.6 Å². The Bertz CT molecular complexity index is 910. The zero-order valence-corrected chi connectivity index (χ0v) is 22.6. The lowest BCUT2D eigenvalue weighted by atomic mass is 9.97. The number of carbonyl (C=O) groups is 4. The fraction of sp³-hybridized carbons (Fsp3) is 0.615. The number of primary amides is 1. The summed E-state index contributed by atoms with van der Waals surface area (Å²) in [5, 5.41) is 5.44. The molecule has 0 aliphatic heterocycles. The third kappa shape index (κ3) is 10.4. The molecule has 0 fully saturated rings. The van der Waals surface area contributed by atoms with Crippen molar-refractivity contribution in [3.05, 3.63) is 34.9 Å². The minimum Gasteiger partial charge on any atom is -0.444 e. The zero-order chi connectivity index (χ0) is 27.1. The van der Waals surface area contributed by atoms with Crippen LogP contribution in [0.5, 0.6) is 0 Å². The summed E-state index contributed by atoms with van der Waals surface area (Å²) >= 11 is 0. The van der Waals surface area contributed by atoms with E-state index in [9.17, 15) is 19.2 Å². The van der Waals surface area contributed by atoms with Gasteiger partial charge >= 0.3 is 6.09 Å². The molecule has 35 heavy (non-hydrogen) atoms. The number of benzene rings is 1. The predicted molar refractivity (Wildman–Crippen MR) is 136 cm³/mol. The van der Waals surface area contributed by atoms with Crippen LogP contribution in [0.1, 0.15) is 84.0 Å². The van der Waals surface area contributed by atoms with Gasteiger partial charge in [0.2, 0.25) is 17.7 Å². The first-order valence-electron chi connectivity index (χ1n) is 11.9. The number of aryl methyl sites for hydroxylation is 2. The summed E-state index contributed by atoms with van der Waals surface area (Å²) in [7, 11) is 0. The molecule has 0 radical (unpaired) electrons. The second kappa shape index (κ2) is 12.0. The molecular weight excluding hydrogens is 448 g/mol. The average molecular weight is 491 g/mol. The second-order valence-electron chi connectivity index (χ2n) is 11.0. The quantitative estimate of drug-likeness (QED) is 0.489. The van der Waals surface area contributed by atoms with Gasteiger partial charge in [-0.2, -0.15) is 0 Å². The molecule has 9 heteroatoms.